The Morgan fingerprint density at radius 1 is 1.38 bits per heavy atom. The highest BCUT2D eigenvalue weighted by Crippen LogP contribution is 2.34. The first-order valence-electron chi connectivity index (χ1n) is 6.09. The number of carboxylic acids is 1. The van der Waals surface area contributed by atoms with Gasteiger partial charge in [-0.3, -0.25) is 9.69 Å². The van der Waals surface area contributed by atoms with Gasteiger partial charge in [-0.25, -0.2) is 8.78 Å². The van der Waals surface area contributed by atoms with Crippen LogP contribution in [0, 0.1) is 0 Å². The van der Waals surface area contributed by atoms with Gasteiger partial charge in [-0.05, 0) is 11.6 Å². The topological polar surface area (TPSA) is 40.5 Å². The summed E-state index contributed by atoms with van der Waals surface area (Å²) in [5, 5.41) is 8.92. The van der Waals surface area contributed by atoms with E-state index < -0.39 is 42.6 Å². The Labute approximate surface area is 117 Å². The number of alkyl halides is 5. The Morgan fingerprint density at radius 3 is 2.62 bits per heavy atom. The lowest BCUT2D eigenvalue weighted by Gasteiger charge is -2.20. The van der Waals surface area contributed by atoms with Crippen molar-refractivity contribution in [1.82, 2.24) is 4.90 Å². The highest BCUT2D eigenvalue weighted by Gasteiger charge is 2.48. The summed E-state index contributed by atoms with van der Waals surface area (Å²) in [6, 6.07) is 2.84. The van der Waals surface area contributed by atoms with Crippen molar-refractivity contribution >= 4 is 5.97 Å². The van der Waals surface area contributed by atoms with E-state index in [1.54, 1.807) is 0 Å². The Morgan fingerprint density at radius 2 is 2.05 bits per heavy atom. The van der Waals surface area contributed by atoms with Gasteiger partial charge in [-0.1, -0.05) is 18.2 Å². The van der Waals surface area contributed by atoms with Gasteiger partial charge in [0, 0.05) is 13.0 Å². The monoisotopic (exact) mass is 309 g/mol. The van der Waals surface area contributed by atoms with Crippen molar-refractivity contribution < 1.29 is 31.9 Å². The van der Waals surface area contributed by atoms with Crippen LogP contribution in [-0.2, 0) is 17.5 Å². The third-order valence-electron chi connectivity index (χ3n) is 3.29. The SMILES string of the molecule is O=C(O)C1CC(F)(F)CN1Cc1cccc(C(F)(F)F)c1. The van der Waals surface area contributed by atoms with Gasteiger partial charge in [0.1, 0.15) is 6.04 Å². The summed E-state index contributed by atoms with van der Waals surface area (Å²) in [5.74, 6) is -4.55. The predicted molar refractivity (Wildman–Crippen MR) is 62.8 cm³/mol. The van der Waals surface area contributed by atoms with E-state index in [1.165, 1.54) is 12.1 Å². The van der Waals surface area contributed by atoms with Gasteiger partial charge in [-0.2, -0.15) is 13.2 Å². The van der Waals surface area contributed by atoms with Gasteiger partial charge in [-0.15, -0.1) is 0 Å². The Balaban J connectivity index is 2.19. The molecule has 1 aromatic rings. The van der Waals surface area contributed by atoms with Crippen LogP contribution in [0.2, 0.25) is 0 Å². The summed E-state index contributed by atoms with van der Waals surface area (Å²) in [6.07, 6.45) is -5.36. The van der Waals surface area contributed by atoms with Crippen LogP contribution < -0.4 is 0 Å². The van der Waals surface area contributed by atoms with Crippen LogP contribution in [0.3, 0.4) is 0 Å². The fourth-order valence-electron chi connectivity index (χ4n) is 2.37. The molecular formula is C13H12F5NO2. The van der Waals surface area contributed by atoms with E-state index in [0.29, 0.717) is 0 Å². The van der Waals surface area contributed by atoms with Gasteiger partial charge < -0.3 is 5.11 Å². The molecule has 1 fully saturated rings. The molecule has 21 heavy (non-hydrogen) atoms. The fraction of sp³-hybridized carbons (Fsp3) is 0.462. The molecule has 1 aliphatic heterocycles. The zero-order valence-corrected chi connectivity index (χ0v) is 10.7. The lowest BCUT2D eigenvalue weighted by Crippen LogP contribution is -2.35. The molecule has 0 saturated carbocycles. The van der Waals surface area contributed by atoms with Crippen LogP contribution in [0.25, 0.3) is 0 Å². The first-order valence-corrected chi connectivity index (χ1v) is 6.09. The molecule has 1 N–H and O–H groups in total. The average molecular weight is 309 g/mol. The van der Waals surface area contributed by atoms with Crippen LogP contribution in [0.15, 0.2) is 24.3 Å². The molecule has 1 heterocycles. The van der Waals surface area contributed by atoms with Crippen molar-refractivity contribution in [3.63, 3.8) is 0 Å². The van der Waals surface area contributed by atoms with Crippen molar-refractivity contribution in [2.75, 3.05) is 6.54 Å². The molecule has 8 heteroatoms. The lowest BCUT2D eigenvalue weighted by molar-refractivity contribution is -0.142. The van der Waals surface area contributed by atoms with E-state index in [9.17, 15) is 26.7 Å². The number of benzene rings is 1. The summed E-state index contributed by atoms with van der Waals surface area (Å²) < 4.78 is 64.3. The molecule has 1 atom stereocenters. The minimum atomic E-state index is -4.53. The molecule has 1 aromatic carbocycles. The number of aliphatic carboxylic acids is 1. The standard InChI is InChI=1S/C13H12F5NO2/c14-12(15)5-10(11(20)21)19(7-12)6-8-2-1-3-9(4-8)13(16,17)18/h1-4,10H,5-7H2,(H,20,21). The Bertz CT molecular complexity index is 544. The lowest BCUT2D eigenvalue weighted by atomic mass is 10.1. The number of carbonyl (C=O) groups is 1. The minimum absolute atomic E-state index is 0.147. The summed E-state index contributed by atoms with van der Waals surface area (Å²) in [5.41, 5.74) is -0.744. The maximum Gasteiger partial charge on any atom is 0.416 e. The quantitative estimate of drug-likeness (QED) is 0.873. The third-order valence-corrected chi connectivity index (χ3v) is 3.29. The van der Waals surface area contributed by atoms with Crippen molar-refractivity contribution in [2.45, 2.75) is 31.1 Å². The predicted octanol–water partition coefficient (Wildman–Crippen LogP) is 3.00. The van der Waals surface area contributed by atoms with Gasteiger partial charge in [0.15, 0.2) is 0 Å². The van der Waals surface area contributed by atoms with E-state index in [1.807, 2.05) is 0 Å². The van der Waals surface area contributed by atoms with Crippen molar-refractivity contribution in [3.8, 4) is 0 Å². The zero-order chi connectivity index (χ0) is 15.8. The molecule has 0 bridgehead atoms. The first-order chi connectivity index (χ1) is 9.58. The number of nitrogens with zero attached hydrogens (tertiary/aromatic N) is 1. The molecular weight excluding hydrogens is 297 g/mol. The van der Waals surface area contributed by atoms with Crippen molar-refractivity contribution in [3.05, 3.63) is 35.4 Å². The van der Waals surface area contributed by atoms with Crippen LogP contribution in [0.5, 0.6) is 0 Å². The van der Waals surface area contributed by atoms with Crippen LogP contribution in [0.4, 0.5) is 22.0 Å². The number of hydrogen-bond donors (Lipinski definition) is 1. The fourth-order valence-corrected chi connectivity index (χ4v) is 2.37. The number of likely N-dealkylation sites (tertiary alicyclic amines) is 1. The van der Waals surface area contributed by atoms with E-state index in [4.69, 9.17) is 5.11 Å². The smallest absolute Gasteiger partial charge is 0.416 e. The van der Waals surface area contributed by atoms with Crippen LogP contribution in [0.1, 0.15) is 17.5 Å². The normalized spacial score (nSPS) is 22.4. The van der Waals surface area contributed by atoms with E-state index in [2.05, 4.69) is 0 Å². The highest BCUT2D eigenvalue weighted by molar-refractivity contribution is 5.74. The number of carboxylic acid groups (broad SMARTS) is 1. The van der Waals surface area contributed by atoms with Crippen LogP contribution in [-0.4, -0.2) is 34.5 Å². The number of rotatable bonds is 3. The van der Waals surface area contributed by atoms with Gasteiger partial charge in [0.25, 0.3) is 5.92 Å². The Kier molecular flexibility index (Phi) is 3.92. The molecule has 0 spiro atoms. The average Bonchev–Trinajstić information content (AvgIpc) is 2.64. The highest BCUT2D eigenvalue weighted by atomic mass is 19.4. The molecule has 0 amide bonds. The van der Waals surface area contributed by atoms with Gasteiger partial charge >= 0.3 is 12.1 Å². The Hall–Kier alpha value is -1.70. The van der Waals surface area contributed by atoms with Crippen molar-refractivity contribution in [2.24, 2.45) is 0 Å². The first kappa shape index (κ1) is 15.7. The van der Waals surface area contributed by atoms with E-state index in [-0.39, 0.29) is 12.1 Å². The molecule has 0 aliphatic carbocycles. The van der Waals surface area contributed by atoms with E-state index >= 15 is 0 Å². The molecule has 2 rings (SSSR count). The van der Waals surface area contributed by atoms with Crippen LogP contribution >= 0.6 is 0 Å². The van der Waals surface area contributed by atoms with Gasteiger partial charge in [0.2, 0.25) is 0 Å². The second-order valence-electron chi connectivity index (χ2n) is 5.02. The van der Waals surface area contributed by atoms with Crippen molar-refractivity contribution in [1.29, 1.82) is 0 Å². The number of halogens is 5. The molecule has 0 aromatic heterocycles. The minimum Gasteiger partial charge on any atom is -0.480 e. The second kappa shape index (κ2) is 5.25. The summed E-state index contributed by atoms with van der Waals surface area (Å²) >= 11 is 0. The number of hydrogen-bond acceptors (Lipinski definition) is 2. The molecule has 3 nitrogen and oxygen atoms in total. The summed E-state index contributed by atoms with van der Waals surface area (Å²) in [4.78, 5) is 11.9. The second-order valence-corrected chi connectivity index (χ2v) is 5.02. The third kappa shape index (κ3) is 3.69. The molecule has 1 unspecified atom stereocenters. The molecule has 1 saturated heterocycles. The molecule has 116 valence electrons. The zero-order valence-electron chi connectivity index (χ0n) is 10.7. The molecule has 0 radical (unpaired) electrons. The largest absolute Gasteiger partial charge is 0.480 e. The summed E-state index contributed by atoms with van der Waals surface area (Å²) in [7, 11) is 0. The summed E-state index contributed by atoms with van der Waals surface area (Å²) in [6.45, 7) is -1.04. The van der Waals surface area contributed by atoms with E-state index in [0.717, 1.165) is 17.0 Å². The maximum atomic E-state index is 13.3. The molecule has 1 aliphatic rings. The maximum absolute atomic E-state index is 13.3. The van der Waals surface area contributed by atoms with Gasteiger partial charge in [0.05, 0.1) is 12.1 Å².